The third-order valence-corrected chi connectivity index (χ3v) is 2.71. The molecule has 1 aliphatic carbocycles. The first kappa shape index (κ1) is 8.39. The molecule has 1 radical (unpaired) electrons. The summed E-state index contributed by atoms with van der Waals surface area (Å²) in [5.74, 6) is 0.787. The van der Waals surface area contributed by atoms with Crippen LogP contribution >= 0.6 is 11.6 Å². The van der Waals surface area contributed by atoms with E-state index in [4.69, 9.17) is 11.6 Å². The highest BCUT2D eigenvalue weighted by atomic mass is 35.5. The molecule has 59 valence electrons. The van der Waals surface area contributed by atoms with Crippen molar-refractivity contribution in [2.45, 2.75) is 39.0 Å². The average molecular weight is 160 g/mol. The lowest BCUT2D eigenvalue weighted by Crippen LogP contribution is -2.11. The third-order valence-electron chi connectivity index (χ3n) is 2.49. The van der Waals surface area contributed by atoms with Crippen molar-refractivity contribution >= 4 is 11.6 Å². The third kappa shape index (κ3) is 2.16. The van der Waals surface area contributed by atoms with Crippen molar-refractivity contribution in [2.24, 2.45) is 5.41 Å². The normalized spacial score (nSPS) is 23.4. The fourth-order valence-corrected chi connectivity index (χ4v) is 1.90. The maximum absolute atomic E-state index is 5.61. The van der Waals surface area contributed by atoms with E-state index >= 15 is 0 Å². The van der Waals surface area contributed by atoms with Crippen LogP contribution in [0.25, 0.3) is 0 Å². The molecule has 10 heavy (non-hydrogen) atoms. The Bertz CT molecular complexity index is 92.9. The summed E-state index contributed by atoms with van der Waals surface area (Å²) in [5, 5.41) is 0. The lowest BCUT2D eigenvalue weighted by Gasteiger charge is -2.21. The van der Waals surface area contributed by atoms with E-state index in [9.17, 15) is 0 Å². The first-order chi connectivity index (χ1) is 4.77. The number of halogens is 1. The van der Waals surface area contributed by atoms with E-state index in [1.807, 2.05) is 0 Å². The molecule has 0 aromatic rings. The molecule has 1 fully saturated rings. The maximum Gasteiger partial charge on any atom is 0.0226 e. The maximum atomic E-state index is 5.61. The molecule has 1 aliphatic rings. The molecule has 0 unspecified atom stereocenters. The van der Waals surface area contributed by atoms with Gasteiger partial charge in [-0.05, 0) is 31.1 Å². The molecular weight excluding hydrogens is 144 g/mol. The Morgan fingerprint density at radius 2 is 2.00 bits per heavy atom. The van der Waals surface area contributed by atoms with Crippen molar-refractivity contribution in [1.29, 1.82) is 0 Å². The molecule has 0 bridgehead atoms. The molecule has 0 spiro atoms. The molecule has 0 amide bonds. The Balaban J connectivity index is 2.22. The van der Waals surface area contributed by atoms with Gasteiger partial charge in [-0.1, -0.05) is 19.8 Å². The smallest absolute Gasteiger partial charge is 0.0226 e. The van der Waals surface area contributed by atoms with Gasteiger partial charge in [-0.15, -0.1) is 11.6 Å². The van der Waals surface area contributed by atoms with Gasteiger partial charge < -0.3 is 0 Å². The highest BCUT2D eigenvalue weighted by Crippen LogP contribution is 2.40. The molecular formula is C9H16Cl. The van der Waals surface area contributed by atoms with Crippen LogP contribution in [0.2, 0.25) is 0 Å². The summed E-state index contributed by atoms with van der Waals surface area (Å²) in [6.45, 7) is 2.35. The number of hydrogen-bond acceptors (Lipinski definition) is 0. The molecule has 1 heteroatoms. The van der Waals surface area contributed by atoms with Crippen molar-refractivity contribution in [3.63, 3.8) is 0 Å². The predicted octanol–water partition coefficient (Wildman–Crippen LogP) is 3.40. The molecule has 0 aromatic heterocycles. The van der Waals surface area contributed by atoms with Crippen molar-refractivity contribution in [1.82, 2.24) is 0 Å². The summed E-state index contributed by atoms with van der Waals surface area (Å²) in [7, 11) is 0. The van der Waals surface area contributed by atoms with Crippen molar-refractivity contribution in [3.05, 3.63) is 6.42 Å². The standard InChI is InChI=1S/C9H16Cl/c1-9(7-4-8-10)5-2-3-6-9/h7H,2-6,8H2,1H3. The monoisotopic (exact) mass is 159 g/mol. The molecule has 1 saturated carbocycles. The van der Waals surface area contributed by atoms with Crippen molar-refractivity contribution in [3.8, 4) is 0 Å². The van der Waals surface area contributed by atoms with Crippen LogP contribution in [0.4, 0.5) is 0 Å². The van der Waals surface area contributed by atoms with Crippen LogP contribution in [0, 0.1) is 11.8 Å². The first-order valence-electron chi connectivity index (χ1n) is 4.17. The Kier molecular flexibility index (Phi) is 3.03. The summed E-state index contributed by atoms with van der Waals surface area (Å²) in [6, 6.07) is 0. The first-order valence-corrected chi connectivity index (χ1v) is 4.71. The molecule has 0 nitrogen and oxygen atoms in total. The van der Waals surface area contributed by atoms with Gasteiger partial charge in [0.15, 0.2) is 0 Å². The van der Waals surface area contributed by atoms with Gasteiger partial charge in [0.1, 0.15) is 0 Å². The van der Waals surface area contributed by atoms with Gasteiger partial charge in [0.25, 0.3) is 0 Å². The van der Waals surface area contributed by atoms with Gasteiger partial charge in [-0.3, -0.25) is 0 Å². The Morgan fingerprint density at radius 1 is 1.40 bits per heavy atom. The minimum absolute atomic E-state index is 0.537. The van der Waals surface area contributed by atoms with Crippen LogP contribution in [-0.4, -0.2) is 5.88 Å². The second kappa shape index (κ2) is 3.61. The fraction of sp³-hybridized carbons (Fsp3) is 0.889. The predicted molar refractivity (Wildman–Crippen MR) is 46.2 cm³/mol. The lowest BCUT2D eigenvalue weighted by molar-refractivity contribution is 0.395. The zero-order chi connectivity index (χ0) is 7.45. The minimum Gasteiger partial charge on any atom is -0.127 e. The zero-order valence-corrected chi connectivity index (χ0v) is 7.45. The summed E-state index contributed by atoms with van der Waals surface area (Å²) in [5.41, 5.74) is 0.537. The van der Waals surface area contributed by atoms with Crippen LogP contribution in [0.1, 0.15) is 39.0 Å². The second-order valence-corrected chi connectivity index (χ2v) is 3.92. The lowest BCUT2D eigenvalue weighted by atomic mass is 9.84. The molecule has 1 rings (SSSR count). The van der Waals surface area contributed by atoms with Crippen molar-refractivity contribution in [2.75, 3.05) is 5.88 Å². The van der Waals surface area contributed by atoms with E-state index in [1.165, 1.54) is 25.7 Å². The van der Waals surface area contributed by atoms with Gasteiger partial charge in [-0.2, -0.15) is 0 Å². The molecule has 0 aromatic carbocycles. The van der Waals surface area contributed by atoms with Gasteiger partial charge >= 0.3 is 0 Å². The van der Waals surface area contributed by atoms with E-state index in [2.05, 4.69) is 13.3 Å². The fourth-order valence-electron chi connectivity index (χ4n) is 1.79. The van der Waals surface area contributed by atoms with Crippen LogP contribution in [0.5, 0.6) is 0 Å². The molecule has 0 saturated heterocycles. The quantitative estimate of drug-likeness (QED) is 0.554. The van der Waals surface area contributed by atoms with Gasteiger partial charge in [0.2, 0.25) is 0 Å². The molecule has 0 N–H and O–H groups in total. The molecule has 0 aliphatic heterocycles. The second-order valence-electron chi connectivity index (χ2n) is 3.54. The highest BCUT2D eigenvalue weighted by molar-refractivity contribution is 6.17. The Hall–Kier alpha value is 0.290. The van der Waals surface area contributed by atoms with E-state index < -0.39 is 0 Å². The van der Waals surface area contributed by atoms with Crippen LogP contribution < -0.4 is 0 Å². The van der Waals surface area contributed by atoms with E-state index in [0.29, 0.717) is 5.41 Å². The van der Waals surface area contributed by atoms with Gasteiger partial charge in [-0.25, -0.2) is 0 Å². The highest BCUT2D eigenvalue weighted by Gasteiger charge is 2.27. The summed E-state index contributed by atoms with van der Waals surface area (Å²) < 4.78 is 0. The summed E-state index contributed by atoms with van der Waals surface area (Å²) in [6.07, 6.45) is 9.07. The zero-order valence-electron chi connectivity index (χ0n) is 6.70. The van der Waals surface area contributed by atoms with E-state index in [-0.39, 0.29) is 0 Å². The number of rotatable bonds is 3. The minimum atomic E-state index is 0.537. The SMILES string of the molecule is CC1([CH]CCCl)CCCC1. The topological polar surface area (TPSA) is 0 Å². The number of alkyl halides is 1. The summed E-state index contributed by atoms with van der Waals surface area (Å²) >= 11 is 5.61. The van der Waals surface area contributed by atoms with Crippen LogP contribution in [0.3, 0.4) is 0 Å². The van der Waals surface area contributed by atoms with Crippen LogP contribution in [0.15, 0.2) is 0 Å². The molecule has 0 heterocycles. The van der Waals surface area contributed by atoms with Crippen molar-refractivity contribution < 1.29 is 0 Å². The van der Waals surface area contributed by atoms with Gasteiger partial charge in [0.05, 0.1) is 0 Å². The summed E-state index contributed by atoms with van der Waals surface area (Å²) in [4.78, 5) is 0. The number of hydrogen-bond donors (Lipinski definition) is 0. The van der Waals surface area contributed by atoms with E-state index in [0.717, 1.165) is 12.3 Å². The Labute approximate surface area is 69.0 Å². The van der Waals surface area contributed by atoms with Crippen LogP contribution in [-0.2, 0) is 0 Å². The largest absolute Gasteiger partial charge is 0.127 e. The van der Waals surface area contributed by atoms with E-state index in [1.54, 1.807) is 0 Å². The molecule has 0 atom stereocenters. The van der Waals surface area contributed by atoms with Gasteiger partial charge in [0, 0.05) is 5.88 Å². The average Bonchev–Trinajstić information content (AvgIpc) is 2.33. The Morgan fingerprint density at radius 3 is 2.50 bits per heavy atom.